The van der Waals surface area contributed by atoms with Crippen molar-refractivity contribution < 1.29 is 9.59 Å². The molecule has 160 valence electrons. The van der Waals surface area contributed by atoms with E-state index in [-0.39, 0.29) is 11.8 Å². The van der Waals surface area contributed by atoms with Gasteiger partial charge in [-0.05, 0) is 60.5 Å². The maximum atomic E-state index is 12.7. The minimum Gasteiger partial charge on any atom is -0.369 e. The molecule has 0 bridgehead atoms. The van der Waals surface area contributed by atoms with Crippen LogP contribution >= 0.6 is 11.3 Å². The van der Waals surface area contributed by atoms with Gasteiger partial charge in [-0.1, -0.05) is 19.1 Å². The van der Waals surface area contributed by atoms with Crippen LogP contribution in [-0.2, 0) is 0 Å². The third kappa shape index (κ3) is 5.31. The first-order chi connectivity index (χ1) is 15.1. The molecule has 2 amide bonds. The third-order valence-corrected chi connectivity index (χ3v) is 6.31. The van der Waals surface area contributed by atoms with Crippen molar-refractivity contribution in [2.24, 2.45) is 0 Å². The molecule has 0 atom stereocenters. The highest BCUT2D eigenvalue weighted by atomic mass is 32.1. The predicted molar refractivity (Wildman–Crippen MR) is 127 cm³/mol. The summed E-state index contributed by atoms with van der Waals surface area (Å²) in [6.45, 7) is 7.48. The van der Waals surface area contributed by atoms with E-state index in [9.17, 15) is 9.59 Å². The average molecular weight is 435 g/mol. The molecule has 2 aromatic carbocycles. The molecule has 1 saturated heterocycles. The van der Waals surface area contributed by atoms with Crippen LogP contribution in [0, 0.1) is 0 Å². The molecule has 7 heteroatoms. The number of carbonyl (C=O) groups excluding carboxylic acids is 2. The summed E-state index contributed by atoms with van der Waals surface area (Å²) in [4.78, 5) is 30.4. The quantitative estimate of drug-likeness (QED) is 0.604. The van der Waals surface area contributed by atoms with Crippen LogP contribution < -0.4 is 15.5 Å². The number of carbonyl (C=O) groups is 2. The molecule has 2 N–H and O–H groups in total. The number of amides is 2. The first-order valence-electron chi connectivity index (χ1n) is 10.5. The Labute approximate surface area is 186 Å². The second-order valence-corrected chi connectivity index (χ2v) is 8.38. The fraction of sp³-hybridized carbons (Fsp3) is 0.250. The van der Waals surface area contributed by atoms with Crippen molar-refractivity contribution in [2.45, 2.75) is 6.92 Å². The summed E-state index contributed by atoms with van der Waals surface area (Å²) in [6.07, 6.45) is 0. The van der Waals surface area contributed by atoms with Gasteiger partial charge in [-0.3, -0.25) is 9.59 Å². The summed E-state index contributed by atoms with van der Waals surface area (Å²) in [6, 6.07) is 18.5. The van der Waals surface area contributed by atoms with Gasteiger partial charge in [-0.25, -0.2) is 0 Å². The van der Waals surface area contributed by atoms with Crippen LogP contribution in [0.3, 0.4) is 0 Å². The third-order valence-electron chi connectivity index (χ3n) is 5.44. The van der Waals surface area contributed by atoms with Crippen LogP contribution in [0.1, 0.15) is 27.0 Å². The lowest BCUT2D eigenvalue weighted by Gasteiger charge is -2.35. The largest absolute Gasteiger partial charge is 0.369 e. The summed E-state index contributed by atoms with van der Waals surface area (Å²) < 4.78 is 0. The molecule has 1 fully saturated rings. The Kier molecular flexibility index (Phi) is 6.64. The first kappa shape index (κ1) is 21.1. The number of nitrogens with one attached hydrogen (secondary N) is 2. The highest BCUT2D eigenvalue weighted by Crippen LogP contribution is 2.21. The van der Waals surface area contributed by atoms with Crippen molar-refractivity contribution >= 4 is 40.2 Å². The first-order valence-corrected chi connectivity index (χ1v) is 11.3. The molecule has 31 heavy (non-hydrogen) atoms. The molecule has 3 aromatic rings. The zero-order valence-corrected chi connectivity index (χ0v) is 18.3. The van der Waals surface area contributed by atoms with Crippen molar-refractivity contribution in [3.8, 4) is 0 Å². The molecule has 0 aliphatic carbocycles. The fourth-order valence-electron chi connectivity index (χ4n) is 3.62. The molecule has 0 spiro atoms. The van der Waals surface area contributed by atoms with E-state index >= 15 is 0 Å². The van der Waals surface area contributed by atoms with Crippen LogP contribution in [0.4, 0.5) is 17.1 Å². The number of thiophene rings is 1. The molecule has 0 radical (unpaired) electrons. The number of hydrogen-bond donors (Lipinski definition) is 2. The molecule has 1 aliphatic rings. The number of benzene rings is 2. The lowest BCUT2D eigenvalue weighted by atomic mass is 10.1. The maximum Gasteiger partial charge on any atom is 0.265 e. The zero-order chi connectivity index (χ0) is 21.6. The van der Waals surface area contributed by atoms with E-state index in [0.29, 0.717) is 16.1 Å². The van der Waals surface area contributed by atoms with E-state index in [4.69, 9.17) is 0 Å². The summed E-state index contributed by atoms with van der Waals surface area (Å²) in [5.74, 6) is -0.389. The summed E-state index contributed by atoms with van der Waals surface area (Å²) in [5.41, 5.74) is 3.00. The minimum absolute atomic E-state index is 0.178. The van der Waals surface area contributed by atoms with Gasteiger partial charge in [0.15, 0.2) is 0 Å². The Bertz CT molecular complexity index is 1030. The Balaban J connectivity index is 1.36. The van der Waals surface area contributed by atoms with Crippen LogP contribution in [0.2, 0.25) is 0 Å². The standard InChI is InChI=1S/C24H26N4O2S/c1-2-27-12-14-28(15-13-27)21-10-8-19(9-11-21)25-23(29)18-5-3-6-20(17-18)26-24(30)22-7-4-16-31-22/h3-11,16-17H,2,12-15H2,1H3,(H,25,29)(H,26,30). The fourth-order valence-corrected chi connectivity index (χ4v) is 4.24. The van der Waals surface area contributed by atoms with E-state index in [1.54, 1.807) is 30.3 Å². The van der Waals surface area contributed by atoms with Gasteiger partial charge in [0.2, 0.25) is 0 Å². The van der Waals surface area contributed by atoms with Crippen molar-refractivity contribution in [3.05, 3.63) is 76.5 Å². The van der Waals surface area contributed by atoms with E-state index in [1.165, 1.54) is 17.0 Å². The highest BCUT2D eigenvalue weighted by molar-refractivity contribution is 7.12. The van der Waals surface area contributed by atoms with Gasteiger partial charge >= 0.3 is 0 Å². The molecule has 1 aromatic heterocycles. The number of anilines is 3. The maximum absolute atomic E-state index is 12.7. The van der Waals surface area contributed by atoms with E-state index in [2.05, 4.69) is 39.5 Å². The second-order valence-electron chi connectivity index (χ2n) is 7.43. The lowest BCUT2D eigenvalue weighted by molar-refractivity contribution is 0.101. The van der Waals surface area contributed by atoms with Crippen LogP contribution in [0.5, 0.6) is 0 Å². The van der Waals surface area contributed by atoms with Gasteiger partial charge in [0.25, 0.3) is 11.8 Å². The van der Waals surface area contributed by atoms with Gasteiger partial charge in [-0.15, -0.1) is 11.3 Å². The van der Waals surface area contributed by atoms with Gasteiger partial charge in [0.05, 0.1) is 4.88 Å². The van der Waals surface area contributed by atoms with Gasteiger partial charge in [0, 0.05) is 48.8 Å². The smallest absolute Gasteiger partial charge is 0.265 e. The monoisotopic (exact) mass is 434 g/mol. The minimum atomic E-state index is -0.212. The van der Waals surface area contributed by atoms with Crippen molar-refractivity contribution in [1.82, 2.24) is 4.90 Å². The number of likely N-dealkylation sites (N-methyl/N-ethyl adjacent to an activating group) is 1. The molecular weight excluding hydrogens is 408 g/mol. The van der Waals surface area contributed by atoms with Gasteiger partial charge in [0.1, 0.15) is 0 Å². The molecule has 2 heterocycles. The number of hydrogen-bond acceptors (Lipinski definition) is 5. The molecular formula is C24H26N4O2S. The second kappa shape index (κ2) is 9.76. The molecule has 4 rings (SSSR count). The Hall–Kier alpha value is -3.16. The Morgan fingerprint density at radius 3 is 2.29 bits per heavy atom. The Morgan fingerprint density at radius 1 is 0.871 bits per heavy atom. The normalized spacial score (nSPS) is 14.3. The zero-order valence-electron chi connectivity index (χ0n) is 17.5. The topological polar surface area (TPSA) is 64.7 Å². The SMILES string of the molecule is CCN1CCN(c2ccc(NC(=O)c3cccc(NC(=O)c4cccs4)c3)cc2)CC1. The average Bonchev–Trinajstić information content (AvgIpc) is 3.35. The predicted octanol–water partition coefficient (Wildman–Crippen LogP) is 4.39. The van der Waals surface area contributed by atoms with Crippen molar-refractivity contribution in [2.75, 3.05) is 48.3 Å². The number of piperazine rings is 1. The molecule has 0 saturated carbocycles. The molecule has 1 aliphatic heterocycles. The summed E-state index contributed by atoms with van der Waals surface area (Å²) in [5, 5.41) is 7.63. The molecule has 6 nitrogen and oxygen atoms in total. The number of rotatable bonds is 6. The van der Waals surface area contributed by atoms with Gasteiger partial charge in [-0.2, -0.15) is 0 Å². The number of nitrogens with zero attached hydrogens (tertiary/aromatic N) is 2. The summed E-state index contributed by atoms with van der Waals surface area (Å²) in [7, 11) is 0. The summed E-state index contributed by atoms with van der Waals surface area (Å²) >= 11 is 1.38. The molecule has 0 unspecified atom stereocenters. The van der Waals surface area contributed by atoms with Gasteiger partial charge < -0.3 is 20.4 Å². The van der Waals surface area contributed by atoms with Crippen LogP contribution in [0.25, 0.3) is 0 Å². The lowest BCUT2D eigenvalue weighted by Crippen LogP contribution is -2.46. The van der Waals surface area contributed by atoms with Crippen LogP contribution in [-0.4, -0.2) is 49.4 Å². The van der Waals surface area contributed by atoms with E-state index in [1.807, 2.05) is 23.6 Å². The van der Waals surface area contributed by atoms with Crippen molar-refractivity contribution in [1.29, 1.82) is 0 Å². The van der Waals surface area contributed by atoms with E-state index in [0.717, 1.165) is 38.4 Å². The Morgan fingerprint density at radius 2 is 1.61 bits per heavy atom. The van der Waals surface area contributed by atoms with Crippen molar-refractivity contribution in [3.63, 3.8) is 0 Å². The van der Waals surface area contributed by atoms with Crippen LogP contribution in [0.15, 0.2) is 66.0 Å². The highest BCUT2D eigenvalue weighted by Gasteiger charge is 2.16. The van der Waals surface area contributed by atoms with E-state index < -0.39 is 0 Å².